The molecule has 2 N–H and O–H groups in total. The van der Waals surface area contributed by atoms with Crippen LogP contribution in [-0.4, -0.2) is 13.6 Å². The number of hydrogen-bond donors (Lipinski definition) is 1. The Labute approximate surface area is 166 Å². The number of aromatic nitrogens is 1. The molecule has 12 heteroatoms. The molecule has 0 spiro atoms. The summed E-state index contributed by atoms with van der Waals surface area (Å²) in [6.45, 7) is 1.60. The van der Waals surface area contributed by atoms with Crippen LogP contribution in [-0.2, 0) is 16.2 Å². The molecule has 3 rings (SSSR count). The number of nitrogens with two attached hydrogens (primary N) is 1. The Bertz CT molecular complexity index is 1280. The van der Waals surface area contributed by atoms with E-state index in [1.807, 2.05) is 6.07 Å². The van der Waals surface area contributed by atoms with Crippen LogP contribution in [0.5, 0.6) is 0 Å². The van der Waals surface area contributed by atoms with Gasteiger partial charge in [-0.15, -0.1) is 0 Å². The number of rotatable bonds is 3. The summed E-state index contributed by atoms with van der Waals surface area (Å²) >= 11 is 0. The molecule has 1 aromatic heterocycles. The molecule has 0 amide bonds. The predicted molar refractivity (Wildman–Crippen MR) is 93.1 cm³/mol. The third-order valence-corrected chi connectivity index (χ3v) is 5.11. The van der Waals surface area contributed by atoms with Gasteiger partial charge in [-0.05, 0) is 36.2 Å². The first-order valence-corrected chi connectivity index (χ1v) is 9.49. The fourth-order valence-electron chi connectivity index (χ4n) is 2.81. The molecule has 2 aromatic carbocycles. The zero-order valence-electron chi connectivity index (χ0n) is 14.9. The summed E-state index contributed by atoms with van der Waals surface area (Å²) in [7, 11) is -4.81. The molecule has 156 valence electrons. The van der Waals surface area contributed by atoms with Gasteiger partial charge in [0.1, 0.15) is 17.3 Å². The summed E-state index contributed by atoms with van der Waals surface area (Å²) in [5.74, 6) is -5.03. The first-order chi connectivity index (χ1) is 13.8. The van der Waals surface area contributed by atoms with Crippen LogP contribution in [0.15, 0.2) is 39.8 Å². The van der Waals surface area contributed by atoms with Gasteiger partial charge in [0.2, 0.25) is 15.8 Å². The number of sulfonamides is 1. The summed E-state index contributed by atoms with van der Waals surface area (Å²) in [6, 6.07) is 6.67. The fourth-order valence-corrected chi connectivity index (χ4v) is 3.48. The van der Waals surface area contributed by atoms with E-state index in [0.717, 1.165) is 0 Å². The van der Waals surface area contributed by atoms with Gasteiger partial charge in [-0.1, -0.05) is 17.3 Å². The van der Waals surface area contributed by atoms with E-state index >= 15 is 0 Å². The molecular weight excluding hydrogens is 433 g/mol. The molecule has 0 radical (unpaired) electrons. The van der Waals surface area contributed by atoms with Crippen molar-refractivity contribution in [3.05, 3.63) is 58.9 Å². The Hall–Kier alpha value is -3.30. The molecule has 0 aliphatic heterocycles. The van der Waals surface area contributed by atoms with Gasteiger partial charge in [-0.25, -0.2) is 22.3 Å². The average molecular weight is 443 g/mol. The van der Waals surface area contributed by atoms with E-state index in [2.05, 4.69) is 9.68 Å². The first-order valence-electron chi connectivity index (χ1n) is 7.94. The molecule has 0 aliphatic carbocycles. The molecule has 30 heavy (non-hydrogen) atoms. The molecular formula is C18H10F5N3O3S. The summed E-state index contributed by atoms with van der Waals surface area (Å²) in [5.41, 5.74) is -1.26. The van der Waals surface area contributed by atoms with Gasteiger partial charge >= 0.3 is 6.18 Å². The van der Waals surface area contributed by atoms with Crippen molar-refractivity contribution in [2.45, 2.75) is 18.0 Å². The highest BCUT2D eigenvalue weighted by Crippen LogP contribution is 2.43. The molecule has 0 saturated carbocycles. The second-order valence-electron chi connectivity index (χ2n) is 6.19. The lowest BCUT2D eigenvalue weighted by atomic mass is 9.96. The number of primary sulfonamides is 1. The standard InChI is InChI=1S/C18H10F5N3O3S/c1-8-2-3-9(4-11(8)7-24)15-14(17(29-26-15)18(21,22)23)10-5-12(19)16(13(20)6-10)30(25,27)28/h2-6H,1H3,(H2,25,27,28). The number of halogens is 5. The molecule has 0 atom stereocenters. The molecule has 6 nitrogen and oxygen atoms in total. The van der Waals surface area contributed by atoms with Crippen LogP contribution < -0.4 is 5.14 Å². The lowest BCUT2D eigenvalue weighted by molar-refractivity contribution is -0.154. The maximum absolute atomic E-state index is 14.3. The summed E-state index contributed by atoms with van der Waals surface area (Å²) in [5, 5.41) is 17.3. The summed E-state index contributed by atoms with van der Waals surface area (Å²) in [4.78, 5) is -1.49. The van der Waals surface area contributed by atoms with E-state index in [0.29, 0.717) is 17.7 Å². The Kier molecular flexibility index (Phi) is 5.13. The maximum atomic E-state index is 14.3. The average Bonchev–Trinajstić information content (AvgIpc) is 3.05. The third kappa shape index (κ3) is 3.77. The summed E-state index contributed by atoms with van der Waals surface area (Å²) < 4.78 is 96.0. The smallest absolute Gasteiger partial charge is 0.350 e. The Morgan fingerprint density at radius 3 is 2.20 bits per heavy atom. The quantitative estimate of drug-likeness (QED) is 0.612. The molecule has 0 fully saturated rings. The van der Waals surface area contributed by atoms with Gasteiger partial charge in [-0.3, -0.25) is 0 Å². The number of nitriles is 1. The number of alkyl halides is 3. The summed E-state index contributed by atoms with van der Waals surface area (Å²) in [6.07, 6.45) is -5.09. The molecule has 0 unspecified atom stereocenters. The van der Waals surface area contributed by atoms with Crippen molar-refractivity contribution < 1.29 is 34.9 Å². The van der Waals surface area contributed by atoms with E-state index < -0.39 is 55.3 Å². The van der Waals surface area contributed by atoms with E-state index in [-0.39, 0.29) is 11.1 Å². The van der Waals surface area contributed by atoms with E-state index in [9.17, 15) is 30.4 Å². The minimum Gasteiger partial charge on any atom is -0.350 e. The molecule has 0 bridgehead atoms. The fraction of sp³-hybridized carbons (Fsp3) is 0.111. The van der Waals surface area contributed by atoms with Gasteiger partial charge < -0.3 is 4.52 Å². The zero-order valence-corrected chi connectivity index (χ0v) is 15.7. The monoisotopic (exact) mass is 443 g/mol. The van der Waals surface area contributed by atoms with Crippen LogP contribution in [0, 0.1) is 29.9 Å². The molecule has 0 saturated heterocycles. The van der Waals surface area contributed by atoms with Crippen molar-refractivity contribution >= 4 is 10.0 Å². The molecule has 1 heterocycles. The lowest BCUT2D eigenvalue weighted by Gasteiger charge is -2.10. The van der Waals surface area contributed by atoms with Gasteiger partial charge in [0, 0.05) is 5.56 Å². The normalized spacial score (nSPS) is 12.1. The zero-order chi connectivity index (χ0) is 22.4. The van der Waals surface area contributed by atoms with Crippen molar-refractivity contribution in [2.75, 3.05) is 0 Å². The first kappa shape index (κ1) is 21.4. The SMILES string of the molecule is Cc1ccc(-c2noc(C(F)(F)F)c2-c2cc(F)c(S(N)(=O)=O)c(F)c2)cc1C#N. The van der Waals surface area contributed by atoms with Crippen LogP contribution in [0.2, 0.25) is 0 Å². The Balaban J connectivity index is 2.35. The van der Waals surface area contributed by atoms with Crippen LogP contribution >= 0.6 is 0 Å². The highest BCUT2D eigenvalue weighted by Gasteiger charge is 2.41. The van der Waals surface area contributed by atoms with Gasteiger partial charge in [0.05, 0.1) is 17.2 Å². The van der Waals surface area contributed by atoms with Crippen LogP contribution in [0.3, 0.4) is 0 Å². The third-order valence-electron chi connectivity index (χ3n) is 4.15. The molecule has 0 aliphatic rings. The van der Waals surface area contributed by atoms with Gasteiger partial charge in [-0.2, -0.15) is 18.4 Å². The lowest BCUT2D eigenvalue weighted by Crippen LogP contribution is -2.16. The minimum atomic E-state index is -5.09. The highest BCUT2D eigenvalue weighted by molar-refractivity contribution is 7.89. The van der Waals surface area contributed by atoms with Gasteiger partial charge in [0.25, 0.3) is 0 Å². The number of benzene rings is 2. The minimum absolute atomic E-state index is 0.0164. The highest BCUT2D eigenvalue weighted by atomic mass is 32.2. The largest absolute Gasteiger partial charge is 0.453 e. The van der Waals surface area contributed by atoms with Crippen molar-refractivity contribution in [2.24, 2.45) is 5.14 Å². The van der Waals surface area contributed by atoms with Crippen molar-refractivity contribution in [1.82, 2.24) is 5.16 Å². The Morgan fingerprint density at radius 1 is 1.10 bits per heavy atom. The van der Waals surface area contributed by atoms with Gasteiger partial charge in [0.15, 0.2) is 4.90 Å². The second kappa shape index (κ2) is 7.19. The van der Waals surface area contributed by atoms with Crippen LogP contribution in [0.25, 0.3) is 22.4 Å². The predicted octanol–water partition coefficient (Wildman–Crippen LogP) is 4.13. The second-order valence-corrected chi connectivity index (χ2v) is 7.69. The van der Waals surface area contributed by atoms with Crippen LogP contribution in [0.4, 0.5) is 22.0 Å². The van der Waals surface area contributed by atoms with Crippen molar-refractivity contribution in [3.8, 4) is 28.5 Å². The van der Waals surface area contributed by atoms with Crippen molar-refractivity contribution in [1.29, 1.82) is 5.26 Å². The van der Waals surface area contributed by atoms with E-state index in [4.69, 9.17) is 10.4 Å². The number of nitrogens with zero attached hydrogens (tertiary/aromatic N) is 2. The Morgan fingerprint density at radius 2 is 1.70 bits per heavy atom. The van der Waals surface area contributed by atoms with Crippen molar-refractivity contribution in [3.63, 3.8) is 0 Å². The van der Waals surface area contributed by atoms with E-state index in [1.165, 1.54) is 18.2 Å². The number of aryl methyl sites for hydroxylation is 1. The van der Waals surface area contributed by atoms with E-state index in [1.54, 1.807) is 6.92 Å². The topological polar surface area (TPSA) is 110 Å². The maximum Gasteiger partial charge on any atom is 0.453 e. The number of hydrogen-bond acceptors (Lipinski definition) is 5. The van der Waals surface area contributed by atoms with Crippen LogP contribution in [0.1, 0.15) is 16.9 Å². The molecule has 3 aromatic rings.